The molecule has 0 aliphatic heterocycles. The summed E-state index contributed by atoms with van der Waals surface area (Å²) in [6.45, 7) is 0. The fourth-order valence-corrected chi connectivity index (χ4v) is 10.6. The van der Waals surface area contributed by atoms with Gasteiger partial charge in [-0.15, -0.1) is 0 Å². The third kappa shape index (κ3) is 11.1. The van der Waals surface area contributed by atoms with Crippen molar-refractivity contribution in [3.8, 4) is 0 Å². The molecule has 0 spiro atoms. The first-order chi connectivity index (χ1) is 30.0. The number of carbonyl (C=O) groups is 6. The number of carbonyl (C=O) groups excluding carboxylic acids is 4. The lowest BCUT2D eigenvalue weighted by Gasteiger charge is -2.13. The summed E-state index contributed by atoms with van der Waals surface area (Å²) >= 11 is 4.23. The van der Waals surface area contributed by atoms with Gasteiger partial charge in [0, 0.05) is 54.6 Å². The number of thiazole rings is 2. The molecule has 0 unspecified atom stereocenters. The van der Waals surface area contributed by atoms with Crippen LogP contribution in [0.5, 0.6) is 0 Å². The molecular weight excluding hydrogens is 881 g/mol. The Morgan fingerprint density at radius 1 is 0.629 bits per heavy atom. The first-order valence-electron chi connectivity index (χ1n) is 19.0. The highest BCUT2D eigenvalue weighted by molar-refractivity contribution is 8.01. The maximum atomic E-state index is 12.8. The largest absolute Gasteiger partial charge is 0.476 e. The number of urea groups is 2. The highest BCUT2D eigenvalue weighted by Gasteiger charge is 2.28. The summed E-state index contributed by atoms with van der Waals surface area (Å²) in [4.78, 5) is 104. The van der Waals surface area contributed by atoms with Crippen molar-refractivity contribution in [3.05, 3.63) is 84.1 Å². The highest BCUT2D eigenvalue weighted by Crippen LogP contribution is 2.38. The number of pyridine rings is 2. The predicted octanol–water partition coefficient (Wildman–Crippen LogP) is 8.26. The van der Waals surface area contributed by atoms with E-state index < -0.39 is 24.0 Å². The molecule has 6 aromatic rings. The van der Waals surface area contributed by atoms with Crippen molar-refractivity contribution in [2.24, 2.45) is 11.8 Å². The number of ketones is 2. The molecule has 8 N–H and O–H groups in total. The lowest BCUT2D eigenvalue weighted by molar-refractivity contribution is 0.0677. The van der Waals surface area contributed by atoms with Crippen LogP contribution in [0.25, 0.3) is 0 Å². The van der Waals surface area contributed by atoms with Crippen molar-refractivity contribution in [3.63, 3.8) is 0 Å². The summed E-state index contributed by atoms with van der Waals surface area (Å²) in [5.41, 5.74) is 0.717. The minimum atomic E-state index is -1.21. The Morgan fingerprint density at radius 2 is 1.15 bits per heavy atom. The predicted molar refractivity (Wildman–Crippen MR) is 230 cm³/mol. The zero-order valence-corrected chi connectivity index (χ0v) is 35.5. The third-order valence-corrected chi connectivity index (χ3v) is 13.6. The first-order valence-corrected chi connectivity index (χ1v) is 22.2. The van der Waals surface area contributed by atoms with Crippen LogP contribution in [-0.4, -0.2) is 85.7 Å². The summed E-state index contributed by atoms with van der Waals surface area (Å²) in [7, 11) is 0. The van der Waals surface area contributed by atoms with E-state index in [0.29, 0.717) is 35.5 Å². The van der Waals surface area contributed by atoms with E-state index in [0.717, 1.165) is 97.6 Å². The molecule has 0 atom stereocenters. The molecule has 6 heterocycles. The molecule has 6 aromatic heterocycles. The van der Waals surface area contributed by atoms with E-state index in [2.05, 4.69) is 61.1 Å². The van der Waals surface area contributed by atoms with Crippen molar-refractivity contribution in [2.75, 3.05) is 21.3 Å². The molecule has 2 aliphatic rings. The quantitative estimate of drug-likeness (QED) is 0.0477. The van der Waals surface area contributed by atoms with Gasteiger partial charge < -0.3 is 25.5 Å². The maximum Gasteiger partial charge on any atom is 0.356 e. The minimum absolute atomic E-state index is 0.00486. The Balaban J connectivity index is 0.000000186. The fraction of sp³-hybridized carbons (Fsp3) is 0.263. The number of aromatic nitrogens is 8. The van der Waals surface area contributed by atoms with Crippen molar-refractivity contribution < 1.29 is 39.0 Å². The van der Waals surface area contributed by atoms with Crippen molar-refractivity contribution in [2.45, 2.75) is 70.1 Å². The van der Waals surface area contributed by atoms with E-state index in [1.54, 1.807) is 43.0 Å². The molecule has 320 valence electrons. The number of carboxylic acid groups (broad SMARTS) is 2. The van der Waals surface area contributed by atoms with Gasteiger partial charge in [0.25, 0.3) is 0 Å². The molecular formula is C38H36N12O8S4. The molecule has 0 saturated heterocycles. The molecule has 2 fully saturated rings. The van der Waals surface area contributed by atoms with Gasteiger partial charge in [0.2, 0.25) is 0 Å². The molecule has 24 heteroatoms. The number of H-pyrrole nitrogens is 2. The molecule has 0 aromatic carbocycles. The molecule has 20 nitrogen and oxygen atoms in total. The zero-order valence-electron chi connectivity index (χ0n) is 32.2. The second-order valence-electron chi connectivity index (χ2n) is 13.6. The normalized spacial score (nSPS) is 13.8. The highest BCUT2D eigenvalue weighted by atomic mass is 32.2. The van der Waals surface area contributed by atoms with Gasteiger partial charge in [0.1, 0.15) is 14.2 Å². The van der Waals surface area contributed by atoms with Gasteiger partial charge in [-0.2, -0.15) is 0 Å². The number of hydrogen-bond donors (Lipinski definition) is 8. The SMILES string of the molecule is O=C(Nc1nc(C(=O)O)c(Sc2ncc[nH]2)s1)Nc1cnccc1C(=O)C1CCCC1.O=C(Nc1nc(C(=O)O)c(Sc2ncc[nH]2)s1)Nc1ncccc1C(=O)C1CCCC1. The molecule has 0 bridgehead atoms. The Kier molecular flexibility index (Phi) is 14.3. The standard InChI is InChI=1S/2C19H18N6O4S2/c26-13(10-4-1-2-5-10)11-6-3-7-20-14(11)24-17(29)25-19-23-12(15(27)28)16(31-19)30-18-21-8-9-22-18;26-14(10-3-1-2-4-10)11-5-6-20-9-12(11)23-17(29)25-19-24-13(15(27)28)16(31-19)30-18-21-7-8-22-18/h3,6-10H,1-2,4-5H2,(H,21,22)(H,27,28)(H2,20,23,24,25,29);5-10H,1-4H2,(H,21,22)(H,27,28)(H2,23,24,25,29). The van der Waals surface area contributed by atoms with Crippen LogP contribution in [0.4, 0.5) is 31.4 Å². The average Bonchev–Trinajstić information content (AvgIpc) is 4.11. The molecule has 8 rings (SSSR count). The Morgan fingerprint density at radius 3 is 1.65 bits per heavy atom. The number of carboxylic acids is 2. The smallest absolute Gasteiger partial charge is 0.356 e. The fourth-order valence-electron chi connectivity index (χ4n) is 6.63. The van der Waals surface area contributed by atoms with Crippen LogP contribution >= 0.6 is 46.2 Å². The van der Waals surface area contributed by atoms with Crippen molar-refractivity contribution in [1.29, 1.82) is 0 Å². The summed E-state index contributed by atoms with van der Waals surface area (Å²) in [5.74, 6) is -2.38. The summed E-state index contributed by atoms with van der Waals surface area (Å²) in [5, 5.41) is 30.3. The number of nitrogens with zero attached hydrogens (tertiary/aromatic N) is 6. The van der Waals surface area contributed by atoms with Crippen LogP contribution in [0, 0.1) is 11.8 Å². The number of rotatable bonds is 14. The number of aromatic carboxylic acids is 2. The van der Waals surface area contributed by atoms with Gasteiger partial charge in [0.05, 0.1) is 17.4 Å². The lowest BCUT2D eigenvalue weighted by Crippen LogP contribution is -2.23. The number of hydrogen-bond acceptors (Lipinski definition) is 16. The summed E-state index contributed by atoms with van der Waals surface area (Å²) in [6.07, 6.45) is 18.2. The van der Waals surface area contributed by atoms with Gasteiger partial charge in [-0.1, -0.05) is 48.4 Å². The van der Waals surface area contributed by atoms with Crippen molar-refractivity contribution in [1.82, 2.24) is 39.9 Å². The first kappa shape index (κ1) is 43.6. The Hall–Kier alpha value is -6.50. The van der Waals surface area contributed by atoms with Crippen LogP contribution < -0.4 is 21.3 Å². The number of nitrogens with one attached hydrogen (secondary N) is 6. The van der Waals surface area contributed by atoms with Crippen LogP contribution in [0.1, 0.15) is 93.1 Å². The van der Waals surface area contributed by atoms with E-state index in [1.807, 2.05) is 0 Å². The van der Waals surface area contributed by atoms with Crippen LogP contribution in [0.3, 0.4) is 0 Å². The zero-order chi connectivity index (χ0) is 43.6. The maximum absolute atomic E-state index is 12.8. The minimum Gasteiger partial charge on any atom is -0.476 e. The number of anilines is 4. The number of amides is 4. The van der Waals surface area contributed by atoms with Gasteiger partial charge in [-0.25, -0.2) is 44.1 Å². The van der Waals surface area contributed by atoms with Crippen LogP contribution in [0.15, 0.2) is 80.3 Å². The van der Waals surface area contributed by atoms with Gasteiger partial charge in [0.15, 0.2) is 43.5 Å². The lowest BCUT2D eigenvalue weighted by atomic mass is 9.96. The molecule has 0 radical (unpaired) electrons. The van der Waals surface area contributed by atoms with E-state index in [1.165, 1.54) is 18.6 Å². The van der Waals surface area contributed by atoms with Crippen LogP contribution in [0.2, 0.25) is 0 Å². The summed E-state index contributed by atoms with van der Waals surface area (Å²) in [6, 6.07) is 3.59. The Labute approximate surface area is 368 Å². The van der Waals surface area contributed by atoms with E-state index in [4.69, 9.17) is 0 Å². The topological polar surface area (TPSA) is 300 Å². The monoisotopic (exact) mass is 916 g/mol. The second kappa shape index (κ2) is 20.4. The molecule has 2 aliphatic carbocycles. The van der Waals surface area contributed by atoms with Gasteiger partial charge >= 0.3 is 24.0 Å². The number of imidazole rings is 2. The third-order valence-electron chi connectivity index (χ3n) is 9.45. The molecule has 2 saturated carbocycles. The molecule has 4 amide bonds. The number of aromatic amines is 2. The van der Waals surface area contributed by atoms with Crippen LogP contribution in [-0.2, 0) is 0 Å². The van der Waals surface area contributed by atoms with Gasteiger partial charge in [-0.05, 0) is 67.4 Å². The van der Waals surface area contributed by atoms with E-state index in [-0.39, 0.29) is 50.9 Å². The van der Waals surface area contributed by atoms with E-state index >= 15 is 0 Å². The van der Waals surface area contributed by atoms with E-state index in [9.17, 15) is 39.0 Å². The average molecular weight is 917 g/mol. The second-order valence-corrected chi connectivity index (χ2v) is 18.1. The number of Topliss-reactive ketones (excluding diaryl/α,β-unsaturated/α-hetero) is 2. The Bertz CT molecular complexity index is 2390. The van der Waals surface area contributed by atoms with Crippen molar-refractivity contribution >= 4 is 104 Å². The summed E-state index contributed by atoms with van der Waals surface area (Å²) < 4.78 is 0.740. The van der Waals surface area contributed by atoms with Gasteiger partial charge in [-0.3, -0.25) is 30.5 Å². The molecule has 62 heavy (non-hydrogen) atoms.